The van der Waals surface area contributed by atoms with Crippen LogP contribution >= 0.6 is 12.2 Å². The maximum atomic E-state index is 5.70. The van der Waals surface area contributed by atoms with Gasteiger partial charge in [-0.15, -0.1) is 0 Å². The molecule has 0 saturated heterocycles. The average Bonchev–Trinajstić information content (AvgIpc) is 2.26. The second kappa shape index (κ2) is 6.57. The SMILES string of the molecule is CCOCCOc1c(C)cc(C(N)=S)cc1C. The minimum Gasteiger partial charge on any atom is -0.491 e. The van der Waals surface area contributed by atoms with Crippen LogP contribution in [-0.2, 0) is 4.74 Å². The third-order valence-electron chi connectivity index (χ3n) is 2.42. The van der Waals surface area contributed by atoms with Gasteiger partial charge < -0.3 is 15.2 Å². The van der Waals surface area contributed by atoms with Gasteiger partial charge in [-0.3, -0.25) is 0 Å². The first-order valence-corrected chi connectivity index (χ1v) is 6.08. The summed E-state index contributed by atoms with van der Waals surface area (Å²) in [4.78, 5) is 0.414. The molecule has 0 heterocycles. The molecule has 1 rings (SSSR count). The average molecular weight is 253 g/mol. The number of hydrogen-bond donors (Lipinski definition) is 1. The molecule has 0 amide bonds. The van der Waals surface area contributed by atoms with Gasteiger partial charge >= 0.3 is 0 Å². The topological polar surface area (TPSA) is 44.5 Å². The Bertz CT molecular complexity index is 381. The van der Waals surface area contributed by atoms with Crippen molar-refractivity contribution in [3.05, 3.63) is 28.8 Å². The lowest BCUT2D eigenvalue weighted by Crippen LogP contribution is -2.12. The molecule has 0 bridgehead atoms. The van der Waals surface area contributed by atoms with Crippen molar-refractivity contribution in [1.29, 1.82) is 0 Å². The van der Waals surface area contributed by atoms with Crippen molar-refractivity contribution in [2.75, 3.05) is 19.8 Å². The Morgan fingerprint density at radius 1 is 1.24 bits per heavy atom. The summed E-state index contributed by atoms with van der Waals surface area (Å²) in [7, 11) is 0. The molecule has 0 saturated carbocycles. The zero-order valence-electron chi connectivity index (χ0n) is 10.6. The maximum Gasteiger partial charge on any atom is 0.125 e. The Labute approximate surface area is 108 Å². The number of nitrogens with two attached hydrogens (primary N) is 1. The molecule has 0 spiro atoms. The van der Waals surface area contributed by atoms with Gasteiger partial charge in [0.25, 0.3) is 0 Å². The van der Waals surface area contributed by atoms with Crippen LogP contribution in [0.4, 0.5) is 0 Å². The van der Waals surface area contributed by atoms with E-state index < -0.39 is 0 Å². The minimum absolute atomic E-state index is 0.414. The zero-order chi connectivity index (χ0) is 12.8. The molecule has 0 aromatic heterocycles. The van der Waals surface area contributed by atoms with E-state index in [1.807, 2.05) is 32.9 Å². The predicted octanol–water partition coefficient (Wildman–Crippen LogP) is 2.35. The molecule has 17 heavy (non-hydrogen) atoms. The summed E-state index contributed by atoms with van der Waals surface area (Å²) in [5.41, 5.74) is 8.58. The van der Waals surface area contributed by atoms with Crippen LogP contribution in [0.15, 0.2) is 12.1 Å². The van der Waals surface area contributed by atoms with Gasteiger partial charge in [0.15, 0.2) is 0 Å². The Kier molecular flexibility index (Phi) is 5.38. The summed E-state index contributed by atoms with van der Waals surface area (Å²) in [5, 5.41) is 0. The van der Waals surface area contributed by atoms with Crippen LogP contribution in [0.25, 0.3) is 0 Å². The van der Waals surface area contributed by atoms with Gasteiger partial charge in [-0.25, -0.2) is 0 Å². The monoisotopic (exact) mass is 253 g/mol. The number of thiocarbonyl (C=S) groups is 1. The van der Waals surface area contributed by atoms with Gasteiger partial charge in [-0.05, 0) is 44.0 Å². The highest BCUT2D eigenvalue weighted by atomic mass is 32.1. The molecule has 4 heteroatoms. The predicted molar refractivity (Wildman–Crippen MR) is 73.8 cm³/mol. The first-order valence-electron chi connectivity index (χ1n) is 5.67. The minimum atomic E-state index is 0.414. The highest BCUT2D eigenvalue weighted by Gasteiger charge is 2.07. The Morgan fingerprint density at radius 2 is 1.82 bits per heavy atom. The highest BCUT2D eigenvalue weighted by molar-refractivity contribution is 7.80. The Balaban J connectivity index is 2.76. The highest BCUT2D eigenvalue weighted by Crippen LogP contribution is 2.24. The largest absolute Gasteiger partial charge is 0.491 e. The first kappa shape index (κ1) is 13.9. The molecular weight excluding hydrogens is 234 g/mol. The van der Waals surface area contributed by atoms with E-state index in [0.717, 1.165) is 22.4 Å². The quantitative estimate of drug-likeness (QED) is 0.624. The number of aryl methyl sites for hydroxylation is 2. The van der Waals surface area contributed by atoms with Gasteiger partial charge in [0.05, 0.1) is 6.61 Å². The van der Waals surface area contributed by atoms with Crippen molar-refractivity contribution in [3.63, 3.8) is 0 Å². The summed E-state index contributed by atoms with van der Waals surface area (Å²) in [5.74, 6) is 0.893. The van der Waals surface area contributed by atoms with E-state index in [4.69, 9.17) is 27.4 Å². The lowest BCUT2D eigenvalue weighted by molar-refractivity contribution is 0.109. The number of benzene rings is 1. The van der Waals surface area contributed by atoms with E-state index in [2.05, 4.69) is 0 Å². The van der Waals surface area contributed by atoms with Gasteiger partial charge in [0, 0.05) is 12.2 Å². The van der Waals surface area contributed by atoms with Crippen molar-refractivity contribution < 1.29 is 9.47 Å². The Hall–Kier alpha value is -1.13. The molecule has 0 aliphatic rings. The fourth-order valence-electron chi connectivity index (χ4n) is 1.67. The molecule has 3 nitrogen and oxygen atoms in total. The van der Waals surface area contributed by atoms with Gasteiger partial charge in [0.2, 0.25) is 0 Å². The fraction of sp³-hybridized carbons (Fsp3) is 0.462. The molecule has 0 atom stereocenters. The lowest BCUT2D eigenvalue weighted by atomic mass is 10.1. The van der Waals surface area contributed by atoms with Gasteiger partial charge in [-0.1, -0.05) is 12.2 Å². The normalized spacial score (nSPS) is 10.3. The van der Waals surface area contributed by atoms with Crippen molar-refractivity contribution in [1.82, 2.24) is 0 Å². The van der Waals surface area contributed by atoms with Crippen molar-refractivity contribution >= 4 is 17.2 Å². The molecule has 0 aliphatic carbocycles. The second-order valence-electron chi connectivity index (χ2n) is 3.85. The number of hydrogen-bond acceptors (Lipinski definition) is 3. The summed E-state index contributed by atoms with van der Waals surface area (Å²) in [6.07, 6.45) is 0. The smallest absolute Gasteiger partial charge is 0.125 e. The van der Waals surface area contributed by atoms with Crippen LogP contribution in [0.3, 0.4) is 0 Å². The maximum absolute atomic E-state index is 5.70. The molecule has 1 aromatic rings. The van der Waals surface area contributed by atoms with E-state index in [-0.39, 0.29) is 0 Å². The molecule has 1 aromatic carbocycles. The fourth-order valence-corrected chi connectivity index (χ4v) is 1.79. The van der Waals surface area contributed by atoms with Crippen molar-refractivity contribution in [3.8, 4) is 5.75 Å². The Morgan fingerprint density at radius 3 is 2.29 bits per heavy atom. The summed E-state index contributed by atoms with van der Waals surface area (Å²) < 4.78 is 10.9. The first-order chi connectivity index (χ1) is 8.06. The zero-order valence-corrected chi connectivity index (χ0v) is 11.4. The van der Waals surface area contributed by atoms with E-state index in [1.54, 1.807) is 0 Å². The number of ether oxygens (including phenoxy) is 2. The van der Waals surface area contributed by atoms with Crippen molar-refractivity contribution in [2.45, 2.75) is 20.8 Å². The summed E-state index contributed by atoms with van der Waals surface area (Å²) >= 11 is 4.96. The molecule has 2 N–H and O–H groups in total. The van der Waals surface area contributed by atoms with Crippen LogP contribution < -0.4 is 10.5 Å². The third kappa shape index (κ3) is 3.98. The van der Waals surface area contributed by atoms with Crippen LogP contribution in [0.5, 0.6) is 5.75 Å². The molecular formula is C13H19NO2S. The van der Waals surface area contributed by atoms with E-state index in [1.165, 1.54) is 0 Å². The molecule has 0 aliphatic heterocycles. The third-order valence-corrected chi connectivity index (χ3v) is 2.66. The molecule has 94 valence electrons. The second-order valence-corrected chi connectivity index (χ2v) is 4.29. The molecule has 0 unspecified atom stereocenters. The number of rotatable bonds is 6. The summed E-state index contributed by atoms with van der Waals surface area (Å²) in [6, 6.07) is 3.90. The van der Waals surface area contributed by atoms with Crippen LogP contribution in [-0.4, -0.2) is 24.8 Å². The van der Waals surface area contributed by atoms with E-state index in [9.17, 15) is 0 Å². The van der Waals surface area contributed by atoms with E-state index >= 15 is 0 Å². The van der Waals surface area contributed by atoms with Crippen LogP contribution in [0, 0.1) is 13.8 Å². The summed E-state index contributed by atoms with van der Waals surface area (Å²) in [6.45, 7) is 7.82. The molecule has 0 radical (unpaired) electrons. The van der Waals surface area contributed by atoms with E-state index in [0.29, 0.717) is 24.8 Å². The standard InChI is InChI=1S/C13H19NO2S/c1-4-15-5-6-16-12-9(2)7-11(13(14)17)8-10(12)3/h7-8H,4-6H2,1-3H3,(H2,14,17). The lowest BCUT2D eigenvalue weighted by Gasteiger charge is -2.13. The van der Waals surface area contributed by atoms with Crippen LogP contribution in [0.2, 0.25) is 0 Å². The van der Waals surface area contributed by atoms with Gasteiger partial charge in [0.1, 0.15) is 17.3 Å². The van der Waals surface area contributed by atoms with Crippen LogP contribution in [0.1, 0.15) is 23.6 Å². The van der Waals surface area contributed by atoms with Gasteiger partial charge in [-0.2, -0.15) is 0 Å². The van der Waals surface area contributed by atoms with Crippen molar-refractivity contribution in [2.24, 2.45) is 5.73 Å². The molecule has 0 fully saturated rings.